The van der Waals surface area contributed by atoms with Gasteiger partial charge in [0, 0.05) is 18.3 Å². The van der Waals surface area contributed by atoms with Gasteiger partial charge in [-0.2, -0.15) is 5.10 Å². The van der Waals surface area contributed by atoms with E-state index in [9.17, 15) is 0 Å². The van der Waals surface area contributed by atoms with Crippen LogP contribution in [0.2, 0.25) is 0 Å². The SMILES string of the molecule is CCNC(=NCc1cnn(-c2ccccc2)c1)NCc1nc(C)c(C)o1. The zero-order chi connectivity index (χ0) is 18.4. The Bertz CT molecular complexity index is 846. The third-order valence-electron chi connectivity index (χ3n) is 3.90. The first-order valence-electron chi connectivity index (χ1n) is 8.69. The smallest absolute Gasteiger partial charge is 0.214 e. The van der Waals surface area contributed by atoms with Crippen LogP contribution in [0.1, 0.15) is 29.8 Å². The zero-order valence-electron chi connectivity index (χ0n) is 15.4. The van der Waals surface area contributed by atoms with Crippen LogP contribution in [0, 0.1) is 13.8 Å². The molecule has 0 aliphatic heterocycles. The van der Waals surface area contributed by atoms with Crippen LogP contribution in [0.4, 0.5) is 0 Å². The van der Waals surface area contributed by atoms with Gasteiger partial charge in [0.15, 0.2) is 5.96 Å². The summed E-state index contributed by atoms with van der Waals surface area (Å²) in [4.78, 5) is 8.98. The molecular weight excluding hydrogens is 328 g/mol. The van der Waals surface area contributed by atoms with Gasteiger partial charge in [0.1, 0.15) is 5.76 Å². The van der Waals surface area contributed by atoms with Crippen LogP contribution in [0.25, 0.3) is 5.69 Å². The van der Waals surface area contributed by atoms with Crippen molar-refractivity contribution < 1.29 is 4.42 Å². The largest absolute Gasteiger partial charge is 0.444 e. The number of oxazole rings is 1. The normalized spacial score (nSPS) is 11.6. The van der Waals surface area contributed by atoms with Gasteiger partial charge < -0.3 is 15.1 Å². The lowest BCUT2D eigenvalue weighted by Gasteiger charge is -2.09. The molecule has 0 amide bonds. The molecule has 2 heterocycles. The Hall–Kier alpha value is -3.09. The summed E-state index contributed by atoms with van der Waals surface area (Å²) < 4.78 is 7.44. The first kappa shape index (κ1) is 17.7. The quantitative estimate of drug-likeness (QED) is 0.527. The molecule has 0 saturated carbocycles. The lowest BCUT2D eigenvalue weighted by molar-refractivity contribution is 0.463. The van der Waals surface area contributed by atoms with E-state index in [1.54, 1.807) is 0 Å². The highest BCUT2D eigenvalue weighted by atomic mass is 16.4. The Morgan fingerprint density at radius 2 is 2.00 bits per heavy atom. The van der Waals surface area contributed by atoms with Crippen molar-refractivity contribution in [2.45, 2.75) is 33.9 Å². The minimum Gasteiger partial charge on any atom is -0.444 e. The molecule has 3 aromatic rings. The second-order valence-electron chi connectivity index (χ2n) is 5.93. The predicted octanol–water partition coefficient (Wildman–Crippen LogP) is 2.73. The maximum atomic E-state index is 5.59. The average molecular weight is 352 g/mol. The van der Waals surface area contributed by atoms with Crippen molar-refractivity contribution in [2.24, 2.45) is 4.99 Å². The summed E-state index contributed by atoms with van der Waals surface area (Å²) >= 11 is 0. The number of hydrogen-bond acceptors (Lipinski definition) is 4. The van der Waals surface area contributed by atoms with E-state index in [0.29, 0.717) is 24.9 Å². The molecule has 136 valence electrons. The number of hydrogen-bond donors (Lipinski definition) is 2. The van der Waals surface area contributed by atoms with Crippen molar-refractivity contribution in [2.75, 3.05) is 6.54 Å². The number of nitrogens with one attached hydrogen (secondary N) is 2. The predicted molar refractivity (Wildman–Crippen MR) is 101 cm³/mol. The topological polar surface area (TPSA) is 80.3 Å². The third-order valence-corrected chi connectivity index (χ3v) is 3.90. The second kappa shape index (κ2) is 8.33. The highest BCUT2D eigenvalue weighted by Crippen LogP contribution is 2.09. The lowest BCUT2D eigenvalue weighted by atomic mass is 10.3. The first-order chi connectivity index (χ1) is 12.7. The fourth-order valence-corrected chi connectivity index (χ4v) is 2.45. The Morgan fingerprint density at radius 3 is 2.69 bits per heavy atom. The van der Waals surface area contributed by atoms with Gasteiger partial charge in [-0.15, -0.1) is 0 Å². The molecule has 0 radical (unpaired) electrons. The Kier molecular flexibility index (Phi) is 5.68. The fraction of sp³-hybridized carbons (Fsp3) is 0.316. The van der Waals surface area contributed by atoms with Crippen LogP contribution in [-0.4, -0.2) is 27.3 Å². The van der Waals surface area contributed by atoms with Gasteiger partial charge in [-0.25, -0.2) is 14.7 Å². The van der Waals surface area contributed by atoms with Crippen LogP contribution < -0.4 is 10.6 Å². The molecule has 0 bridgehead atoms. The molecule has 0 saturated heterocycles. The number of aliphatic imine (C=N–C) groups is 1. The molecule has 26 heavy (non-hydrogen) atoms. The molecule has 7 nitrogen and oxygen atoms in total. The summed E-state index contributed by atoms with van der Waals surface area (Å²) in [6.45, 7) is 7.68. The third kappa shape index (κ3) is 4.50. The minimum absolute atomic E-state index is 0.490. The van der Waals surface area contributed by atoms with Crippen LogP contribution in [0.3, 0.4) is 0 Å². The van der Waals surface area contributed by atoms with E-state index in [2.05, 4.69) is 25.7 Å². The van der Waals surface area contributed by atoms with Crippen molar-refractivity contribution in [3.63, 3.8) is 0 Å². The molecular formula is C19H24N6O. The number of guanidine groups is 1. The number of aryl methyl sites for hydroxylation is 2. The summed E-state index contributed by atoms with van der Waals surface area (Å²) in [5, 5.41) is 10.9. The molecule has 0 fully saturated rings. The summed E-state index contributed by atoms with van der Waals surface area (Å²) in [5.41, 5.74) is 2.98. The Labute approximate surface area is 153 Å². The molecule has 3 rings (SSSR count). The molecule has 2 N–H and O–H groups in total. The summed E-state index contributed by atoms with van der Waals surface area (Å²) in [7, 11) is 0. The molecule has 1 aromatic carbocycles. The molecule has 0 atom stereocenters. The van der Waals surface area contributed by atoms with Crippen LogP contribution in [0.15, 0.2) is 52.1 Å². The number of aromatic nitrogens is 3. The zero-order valence-corrected chi connectivity index (χ0v) is 15.4. The van der Waals surface area contributed by atoms with E-state index in [1.807, 2.05) is 68.2 Å². The van der Waals surface area contributed by atoms with Gasteiger partial charge >= 0.3 is 0 Å². The van der Waals surface area contributed by atoms with Gasteiger partial charge in [-0.05, 0) is 32.9 Å². The number of para-hydroxylation sites is 1. The molecule has 2 aromatic heterocycles. The van der Waals surface area contributed by atoms with Gasteiger partial charge in [0.05, 0.1) is 30.7 Å². The van der Waals surface area contributed by atoms with E-state index < -0.39 is 0 Å². The maximum Gasteiger partial charge on any atom is 0.214 e. The minimum atomic E-state index is 0.490. The number of nitrogens with zero attached hydrogens (tertiary/aromatic N) is 4. The van der Waals surface area contributed by atoms with E-state index in [4.69, 9.17) is 4.42 Å². The van der Waals surface area contributed by atoms with E-state index in [0.717, 1.165) is 29.2 Å². The van der Waals surface area contributed by atoms with Gasteiger partial charge in [0.2, 0.25) is 5.89 Å². The van der Waals surface area contributed by atoms with Crippen molar-refractivity contribution >= 4 is 5.96 Å². The van der Waals surface area contributed by atoms with E-state index in [-0.39, 0.29) is 0 Å². The van der Waals surface area contributed by atoms with Crippen LogP contribution in [0.5, 0.6) is 0 Å². The molecule has 0 aliphatic rings. The highest BCUT2D eigenvalue weighted by molar-refractivity contribution is 5.79. The van der Waals surface area contributed by atoms with Gasteiger partial charge in [-0.1, -0.05) is 18.2 Å². The van der Waals surface area contributed by atoms with Crippen LogP contribution >= 0.6 is 0 Å². The molecule has 7 heteroatoms. The highest BCUT2D eigenvalue weighted by Gasteiger charge is 2.07. The molecule has 0 unspecified atom stereocenters. The number of rotatable bonds is 6. The maximum absolute atomic E-state index is 5.59. The summed E-state index contributed by atoms with van der Waals surface area (Å²) in [6, 6.07) is 10.0. The van der Waals surface area contributed by atoms with Crippen LogP contribution in [-0.2, 0) is 13.1 Å². The Morgan fingerprint density at radius 1 is 1.19 bits per heavy atom. The number of benzene rings is 1. The fourth-order valence-electron chi connectivity index (χ4n) is 2.45. The average Bonchev–Trinajstić information content (AvgIpc) is 3.25. The molecule has 0 spiro atoms. The van der Waals surface area contributed by atoms with Crippen molar-refractivity contribution in [1.29, 1.82) is 0 Å². The van der Waals surface area contributed by atoms with E-state index >= 15 is 0 Å². The first-order valence-corrected chi connectivity index (χ1v) is 8.69. The van der Waals surface area contributed by atoms with Crippen molar-refractivity contribution in [1.82, 2.24) is 25.4 Å². The van der Waals surface area contributed by atoms with Gasteiger partial charge in [-0.3, -0.25) is 0 Å². The van der Waals surface area contributed by atoms with Crippen molar-refractivity contribution in [3.8, 4) is 5.69 Å². The standard InChI is InChI=1S/C19H24N6O/c1-4-20-19(22-12-18-24-14(2)15(3)26-18)21-10-16-11-23-25(13-16)17-8-6-5-7-9-17/h5-9,11,13H,4,10,12H2,1-3H3,(H2,20,21,22). The lowest BCUT2D eigenvalue weighted by Crippen LogP contribution is -2.36. The summed E-state index contributed by atoms with van der Waals surface area (Å²) in [5.74, 6) is 2.22. The summed E-state index contributed by atoms with van der Waals surface area (Å²) in [6.07, 6.45) is 3.82. The van der Waals surface area contributed by atoms with Gasteiger partial charge in [0.25, 0.3) is 0 Å². The second-order valence-corrected chi connectivity index (χ2v) is 5.93. The molecule has 0 aliphatic carbocycles. The van der Waals surface area contributed by atoms with Crippen molar-refractivity contribution in [3.05, 3.63) is 65.6 Å². The monoisotopic (exact) mass is 352 g/mol. The van der Waals surface area contributed by atoms with E-state index in [1.165, 1.54) is 0 Å². The Balaban J connectivity index is 1.63.